The fourth-order valence-electron chi connectivity index (χ4n) is 5.01. The Morgan fingerprint density at radius 1 is 0.474 bits per heavy atom. The molecular weight excluding hydrogens is 468 g/mol. The maximum atomic E-state index is 4.78. The van der Waals surface area contributed by atoms with Gasteiger partial charge in [-0.15, -0.1) is 0 Å². The van der Waals surface area contributed by atoms with E-state index in [4.69, 9.17) is 10.2 Å². The SMILES string of the molecule is c1ccc(-c2ccn(Cc3cccc4cc5cccc(Cn6ccc(-c7ccccn7)n6)c5cc34)n2)nc1. The van der Waals surface area contributed by atoms with Crippen LogP contribution in [0.25, 0.3) is 44.3 Å². The first kappa shape index (κ1) is 22.1. The lowest BCUT2D eigenvalue weighted by Gasteiger charge is -2.12. The molecule has 7 aromatic rings. The molecule has 0 saturated carbocycles. The summed E-state index contributed by atoms with van der Waals surface area (Å²) in [6.07, 6.45) is 7.63. The average Bonchev–Trinajstić information content (AvgIpc) is 3.64. The van der Waals surface area contributed by atoms with Crippen LogP contribution in [-0.4, -0.2) is 29.5 Å². The summed E-state index contributed by atoms with van der Waals surface area (Å²) in [4.78, 5) is 8.86. The van der Waals surface area contributed by atoms with E-state index in [2.05, 4.69) is 58.5 Å². The van der Waals surface area contributed by atoms with E-state index in [0.29, 0.717) is 13.1 Å². The molecule has 4 heterocycles. The van der Waals surface area contributed by atoms with Crippen LogP contribution in [0.1, 0.15) is 11.1 Å². The Kier molecular flexibility index (Phi) is 5.48. The topological polar surface area (TPSA) is 61.4 Å². The minimum atomic E-state index is 0.685. The molecule has 0 radical (unpaired) electrons. The van der Waals surface area contributed by atoms with Gasteiger partial charge in [0.25, 0.3) is 0 Å². The number of rotatable bonds is 6. The van der Waals surface area contributed by atoms with Crippen LogP contribution in [0.5, 0.6) is 0 Å². The van der Waals surface area contributed by atoms with Crippen LogP contribution < -0.4 is 0 Å². The third-order valence-electron chi connectivity index (χ3n) is 6.86. The van der Waals surface area contributed by atoms with Crippen LogP contribution in [0.3, 0.4) is 0 Å². The van der Waals surface area contributed by atoms with Crippen LogP contribution >= 0.6 is 0 Å². The maximum Gasteiger partial charge on any atom is 0.111 e. The van der Waals surface area contributed by atoms with Crippen molar-refractivity contribution in [3.63, 3.8) is 0 Å². The van der Waals surface area contributed by atoms with Crippen LogP contribution in [0.4, 0.5) is 0 Å². The van der Waals surface area contributed by atoms with Crippen molar-refractivity contribution in [1.82, 2.24) is 29.5 Å². The van der Waals surface area contributed by atoms with Crippen molar-refractivity contribution in [2.45, 2.75) is 13.1 Å². The van der Waals surface area contributed by atoms with E-state index < -0.39 is 0 Å². The van der Waals surface area contributed by atoms with Gasteiger partial charge in [-0.3, -0.25) is 19.3 Å². The third kappa shape index (κ3) is 4.22. The second-order valence-corrected chi connectivity index (χ2v) is 9.36. The van der Waals surface area contributed by atoms with E-state index in [0.717, 1.165) is 22.8 Å². The molecule has 38 heavy (non-hydrogen) atoms. The molecule has 6 nitrogen and oxygen atoms in total. The van der Waals surface area contributed by atoms with Crippen molar-refractivity contribution in [3.05, 3.63) is 133 Å². The Bertz CT molecular complexity index is 1730. The van der Waals surface area contributed by atoms with Gasteiger partial charge in [-0.2, -0.15) is 10.2 Å². The molecule has 0 atom stereocenters. The largest absolute Gasteiger partial charge is 0.268 e. The van der Waals surface area contributed by atoms with Gasteiger partial charge in [0, 0.05) is 24.8 Å². The normalized spacial score (nSPS) is 11.4. The predicted octanol–water partition coefficient (Wildman–Crippen LogP) is 6.61. The van der Waals surface area contributed by atoms with E-state index in [9.17, 15) is 0 Å². The molecule has 0 bridgehead atoms. The molecule has 7 rings (SSSR count). The van der Waals surface area contributed by atoms with Crippen molar-refractivity contribution >= 4 is 21.5 Å². The molecule has 182 valence electrons. The number of pyridine rings is 2. The predicted molar refractivity (Wildman–Crippen MR) is 151 cm³/mol. The lowest BCUT2D eigenvalue weighted by Crippen LogP contribution is -2.03. The summed E-state index contributed by atoms with van der Waals surface area (Å²) in [6.45, 7) is 1.37. The summed E-state index contributed by atoms with van der Waals surface area (Å²) in [5.41, 5.74) is 5.97. The molecule has 0 aliphatic heterocycles. The highest BCUT2D eigenvalue weighted by atomic mass is 15.3. The average molecular weight is 493 g/mol. The molecule has 3 aromatic carbocycles. The number of hydrogen-bond acceptors (Lipinski definition) is 4. The van der Waals surface area contributed by atoms with Gasteiger partial charge < -0.3 is 0 Å². The lowest BCUT2D eigenvalue weighted by molar-refractivity contribution is 0.691. The Labute approximate surface area is 219 Å². The zero-order chi connectivity index (χ0) is 25.3. The quantitative estimate of drug-likeness (QED) is 0.245. The van der Waals surface area contributed by atoms with Gasteiger partial charge in [-0.25, -0.2) is 0 Å². The fraction of sp³-hybridized carbons (Fsp3) is 0.0625. The number of benzene rings is 3. The summed E-state index contributed by atoms with van der Waals surface area (Å²) in [5.74, 6) is 0. The Morgan fingerprint density at radius 2 is 1.00 bits per heavy atom. The fourth-order valence-corrected chi connectivity index (χ4v) is 5.01. The van der Waals surface area contributed by atoms with Crippen molar-refractivity contribution < 1.29 is 0 Å². The summed E-state index contributed by atoms with van der Waals surface area (Å²) in [7, 11) is 0. The highest BCUT2D eigenvalue weighted by molar-refractivity contribution is 6.01. The Balaban J connectivity index is 1.23. The van der Waals surface area contributed by atoms with Crippen molar-refractivity contribution in [2.24, 2.45) is 0 Å². The number of aromatic nitrogens is 6. The van der Waals surface area contributed by atoms with Gasteiger partial charge in [0.2, 0.25) is 0 Å². The second-order valence-electron chi connectivity index (χ2n) is 9.36. The first-order valence-electron chi connectivity index (χ1n) is 12.6. The van der Waals surface area contributed by atoms with Crippen LogP contribution in [0.15, 0.2) is 122 Å². The van der Waals surface area contributed by atoms with Gasteiger partial charge in [0.15, 0.2) is 0 Å². The molecule has 0 aliphatic carbocycles. The summed E-state index contributed by atoms with van der Waals surface area (Å²) >= 11 is 0. The van der Waals surface area contributed by atoms with Crippen LogP contribution in [0.2, 0.25) is 0 Å². The molecule has 0 unspecified atom stereocenters. The highest BCUT2D eigenvalue weighted by Gasteiger charge is 2.10. The molecule has 0 spiro atoms. The van der Waals surface area contributed by atoms with Crippen molar-refractivity contribution in [3.8, 4) is 22.8 Å². The third-order valence-corrected chi connectivity index (χ3v) is 6.86. The number of fused-ring (bicyclic) bond motifs is 2. The van der Waals surface area contributed by atoms with Gasteiger partial charge >= 0.3 is 0 Å². The Morgan fingerprint density at radius 3 is 1.47 bits per heavy atom. The van der Waals surface area contributed by atoms with Gasteiger partial charge in [-0.1, -0.05) is 48.5 Å². The van der Waals surface area contributed by atoms with Crippen LogP contribution in [-0.2, 0) is 13.1 Å². The summed E-state index contributed by atoms with van der Waals surface area (Å²) < 4.78 is 3.97. The first-order valence-corrected chi connectivity index (χ1v) is 12.6. The van der Waals surface area contributed by atoms with Gasteiger partial charge in [0.1, 0.15) is 11.4 Å². The zero-order valence-electron chi connectivity index (χ0n) is 20.6. The van der Waals surface area contributed by atoms with Gasteiger partial charge in [0.05, 0.1) is 24.5 Å². The van der Waals surface area contributed by atoms with Gasteiger partial charge in [-0.05, 0) is 81.2 Å². The first-order chi connectivity index (χ1) is 18.8. The number of nitrogens with zero attached hydrogens (tertiary/aromatic N) is 6. The lowest BCUT2D eigenvalue weighted by atomic mass is 9.97. The molecule has 0 amide bonds. The smallest absolute Gasteiger partial charge is 0.111 e. The van der Waals surface area contributed by atoms with E-state index in [-0.39, 0.29) is 0 Å². The molecule has 0 aliphatic rings. The van der Waals surface area contributed by atoms with E-state index >= 15 is 0 Å². The van der Waals surface area contributed by atoms with Crippen LogP contribution in [0, 0.1) is 0 Å². The minimum absolute atomic E-state index is 0.685. The minimum Gasteiger partial charge on any atom is -0.268 e. The van der Waals surface area contributed by atoms with E-state index in [1.807, 2.05) is 70.3 Å². The van der Waals surface area contributed by atoms with E-state index in [1.165, 1.54) is 32.7 Å². The van der Waals surface area contributed by atoms with Crippen molar-refractivity contribution in [1.29, 1.82) is 0 Å². The number of hydrogen-bond donors (Lipinski definition) is 0. The molecular formula is C32H24N6. The summed E-state index contributed by atoms with van der Waals surface area (Å²) in [6, 6.07) is 33.4. The van der Waals surface area contributed by atoms with E-state index in [1.54, 1.807) is 12.4 Å². The summed E-state index contributed by atoms with van der Waals surface area (Å²) in [5, 5.41) is 14.5. The molecule has 4 aromatic heterocycles. The highest BCUT2D eigenvalue weighted by Crippen LogP contribution is 2.29. The molecule has 0 N–H and O–H groups in total. The molecule has 6 heteroatoms. The molecule has 0 fully saturated rings. The zero-order valence-corrected chi connectivity index (χ0v) is 20.6. The monoisotopic (exact) mass is 492 g/mol. The maximum absolute atomic E-state index is 4.78. The molecule has 0 saturated heterocycles. The van der Waals surface area contributed by atoms with Crippen molar-refractivity contribution in [2.75, 3.05) is 0 Å². The Hall–Kier alpha value is -5.10. The second kappa shape index (κ2) is 9.41. The standard InChI is InChI=1S/C32H24N6/c1-3-15-33-29(11-1)31-13-17-37(35-31)21-25-9-5-7-23-19-24-8-6-10-26(28(24)20-27(23)25)22-38-18-14-32(36-38)30-12-2-4-16-34-30/h1-20H,21-22H2.